The van der Waals surface area contributed by atoms with Crippen LogP contribution in [-0.4, -0.2) is 53.4 Å². The van der Waals surface area contributed by atoms with Gasteiger partial charge >= 0.3 is 5.91 Å². The second-order valence-electron chi connectivity index (χ2n) is 11.1. The number of hydrogen-bond donors (Lipinski definition) is 1. The van der Waals surface area contributed by atoms with Crippen LogP contribution in [0.3, 0.4) is 0 Å². The number of alkyl halides is 1. The van der Waals surface area contributed by atoms with Gasteiger partial charge in [0, 0.05) is 23.6 Å². The van der Waals surface area contributed by atoms with Crippen LogP contribution in [0.5, 0.6) is 0 Å². The highest BCUT2D eigenvalue weighted by atomic mass is 35.5. The van der Waals surface area contributed by atoms with Gasteiger partial charge in [-0.25, -0.2) is 9.37 Å². The number of aliphatic hydroxyl groups is 1. The molecular weight excluding hydrogens is 594 g/mol. The Balaban J connectivity index is 1.40. The van der Waals surface area contributed by atoms with Crippen LogP contribution in [0.15, 0.2) is 36.8 Å². The van der Waals surface area contributed by atoms with Crippen LogP contribution in [0.4, 0.5) is 20.4 Å². The molecule has 4 aromatic rings. The minimum atomic E-state index is -1.39. The third-order valence-corrected chi connectivity index (χ3v) is 7.86. The highest BCUT2D eigenvalue weighted by Gasteiger charge is 2.30. The maximum Gasteiger partial charge on any atom is 0.307 e. The first-order valence-electron chi connectivity index (χ1n) is 14.0. The number of rotatable bonds is 8. The molecule has 2 amide bonds. The fourth-order valence-corrected chi connectivity index (χ4v) is 5.40. The van der Waals surface area contributed by atoms with Crippen LogP contribution in [0.1, 0.15) is 78.0 Å². The Hall–Kier alpha value is -4.36. The minimum absolute atomic E-state index is 0.00108. The van der Waals surface area contributed by atoms with Crippen molar-refractivity contribution in [2.75, 3.05) is 16.6 Å². The predicted molar refractivity (Wildman–Crippen MR) is 160 cm³/mol. The number of halogens is 3. The first-order chi connectivity index (χ1) is 20.8. The Bertz CT molecular complexity index is 1750. The highest BCUT2D eigenvalue weighted by Crippen LogP contribution is 2.36. The van der Waals surface area contributed by atoms with Crippen LogP contribution in [-0.2, 0) is 11.3 Å². The third kappa shape index (κ3) is 6.02. The number of aliphatic hydroxyl groups excluding tert-OH is 1. The summed E-state index contributed by atoms with van der Waals surface area (Å²) in [7, 11) is 0. The van der Waals surface area contributed by atoms with Gasteiger partial charge in [0.25, 0.3) is 0 Å². The van der Waals surface area contributed by atoms with E-state index in [0.29, 0.717) is 40.6 Å². The number of amides is 2. The molecule has 230 valence electrons. The summed E-state index contributed by atoms with van der Waals surface area (Å²) >= 11 is 6.29. The normalized spacial score (nSPS) is 16.3. The van der Waals surface area contributed by atoms with Gasteiger partial charge in [0.1, 0.15) is 17.6 Å². The third-order valence-electron chi connectivity index (χ3n) is 7.45. The fraction of sp³-hybridized carbons (Fsp3) is 0.367. The highest BCUT2D eigenvalue weighted by molar-refractivity contribution is 6.31. The molecule has 0 spiro atoms. The lowest BCUT2D eigenvalue weighted by Gasteiger charge is -2.18. The Morgan fingerprint density at radius 1 is 1.23 bits per heavy atom. The number of anilines is 2. The molecule has 0 saturated carbocycles. The molecule has 1 unspecified atom stereocenters. The van der Waals surface area contributed by atoms with E-state index in [1.807, 2.05) is 13.8 Å². The number of nitrogens with zero attached hydrogens (tertiary/aromatic N) is 8. The van der Waals surface area contributed by atoms with E-state index in [1.165, 1.54) is 37.0 Å². The molecule has 3 aromatic heterocycles. The number of hydrogen-bond acceptors (Lipinski definition) is 8. The largest absolute Gasteiger partial charge is 0.387 e. The molecule has 5 rings (SSSR count). The quantitative estimate of drug-likeness (QED) is 0.257. The van der Waals surface area contributed by atoms with E-state index in [4.69, 9.17) is 11.6 Å². The van der Waals surface area contributed by atoms with E-state index in [0.717, 1.165) is 11.8 Å². The Kier molecular flexibility index (Phi) is 8.71. The topological polar surface area (TPSA) is 130 Å². The molecule has 0 radical (unpaired) electrons. The summed E-state index contributed by atoms with van der Waals surface area (Å²) in [6, 6.07) is 4.86. The number of carbonyl (C=O) groups is 2. The van der Waals surface area contributed by atoms with E-state index in [2.05, 4.69) is 25.3 Å². The molecule has 0 aliphatic carbocycles. The second kappa shape index (κ2) is 12.3. The minimum Gasteiger partial charge on any atom is -0.387 e. The summed E-state index contributed by atoms with van der Waals surface area (Å²) in [6.07, 6.45) is 1.56. The van der Waals surface area contributed by atoms with Crippen molar-refractivity contribution < 1.29 is 23.6 Å². The molecule has 4 heterocycles. The van der Waals surface area contributed by atoms with Crippen molar-refractivity contribution in [3.63, 3.8) is 0 Å². The summed E-state index contributed by atoms with van der Waals surface area (Å²) in [5, 5.41) is 23.1. The van der Waals surface area contributed by atoms with Crippen LogP contribution >= 0.6 is 11.6 Å². The van der Waals surface area contributed by atoms with E-state index in [-0.39, 0.29) is 46.1 Å². The summed E-state index contributed by atoms with van der Waals surface area (Å²) in [6.45, 7) is 8.93. The van der Waals surface area contributed by atoms with Crippen LogP contribution in [0, 0.1) is 19.8 Å². The molecule has 44 heavy (non-hydrogen) atoms. The van der Waals surface area contributed by atoms with Crippen molar-refractivity contribution in [1.29, 1.82) is 0 Å². The maximum atomic E-state index is 15.6. The predicted octanol–water partition coefficient (Wildman–Crippen LogP) is 5.44. The van der Waals surface area contributed by atoms with Crippen LogP contribution < -0.4 is 10.0 Å². The van der Waals surface area contributed by atoms with E-state index < -0.39 is 23.9 Å². The van der Waals surface area contributed by atoms with Crippen molar-refractivity contribution in [2.24, 2.45) is 5.92 Å². The molecule has 1 saturated heterocycles. The zero-order valence-corrected chi connectivity index (χ0v) is 25.5. The fourth-order valence-electron chi connectivity index (χ4n) is 5.25. The Morgan fingerprint density at radius 3 is 2.61 bits per heavy atom. The Labute approximate surface area is 257 Å². The molecule has 3 atom stereocenters. The average molecular weight is 625 g/mol. The second-order valence-corrected chi connectivity index (χ2v) is 11.5. The van der Waals surface area contributed by atoms with E-state index >= 15 is 4.48 Å². The lowest BCUT2D eigenvalue weighted by Crippen LogP contribution is -2.26. The van der Waals surface area contributed by atoms with Gasteiger partial charge in [0.2, 0.25) is 5.91 Å². The molecule has 0 bridgehead atoms. The average Bonchev–Trinajstić information content (AvgIpc) is 3.58. The number of aromatic nitrogens is 6. The van der Waals surface area contributed by atoms with Crippen molar-refractivity contribution in [2.45, 2.75) is 59.9 Å². The smallest absolute Gasteiger partial charge is 0.307 e. The zero-order valence-electron chi connectivity index (χ0n) is 24.8. The first kappa shape index (κ1) is 31.1. The number of benzene rings is 1. The van der Waals surface area contributed by atoms with Crippen molar-refractivity contribution >= 4 is 34.9 Å². The lowest BCUT2D eigenvalue weighted by molar-refractivity contribution is -0.117. The van der Waals surface area contributed by atoms with Crippen molar-refractivity contribution in [1.82, 2.24) is 29.9 Å². The van der Waals surface area contributed by atoms with Gasteiger partial charge in [-0.05, 0) is 62.4 Å². The molecule has 14 heteroatoms. The summed E-state index contributed by atoms with van der Waals surface area (Å²) in [4.78, 5) is 35.8. The Morgan fingerprint density at radius 2 is 1.98 bits per heavy atom. The maximum absolute atomic E-state index is 15.6. The van der Waals surface area contributed by atoms with Crippen molar-refractivity contribution in [3.05, 3.63) is 75.6 Å². The van der Waals surface area contributed by atoms with Crippen molar-refractivity contribution in [3.8, 4) is 11.3 Å². The van der Waals surface area contributed by atoms with Gasteiger partial charge in [0.15, 0.2) is 11.5 Å². The lowest BCUT2D eigenvalue weighted by atomic mass is 9.96. The molecular formula is C30H31ClF2N8O3. The van der Waals surface area contributed by atoms with Crippen LogP contribution in [0.25, 0.3) is 11.3 Å². The van der Waals surface area contributed by atoms with Gasteiger partial charge in [-0.2, -0.15) is 10.2 Å². The monoisotopic (exact) mass is 624 g/mol. The van der Waals surface area contributed by atoms with Gasteiger partial charge < -0.3 is 5.11 Å². The zero-order chi connectivity index (χ0) is 31.9. The van der Waals surface area contributed by atoms with Gasteiger partial charge in [-0.3, -0.25) is 24.2 Å². The molecule has 1 fully saturated rings. The van der Waals surface area contributed by atoms with Gasteiger partial charge in [-0.1, -0.05) is 29.1 Å². The SMILES string of the molecule is Cc1cc(Cn2cc(N(F)C(=O)c3nc(-c4c(C(C)F)ccc(Cl)c4C)cnc3[C@H](C)O)cn2)nnc1N1C[C@@H](C)CC1=O. The summed E-state index contributed by atoms with van der Waals surface area (Å²) in [5.41, 5.74) is 1.69. The first-order valence-corrected chi connectivity index (χ1v) is 14.4. The molecule has 1 N–H and O–H groups in total. The van der Waals surface area contributed by atoms with Crippen LogP contribution in [0.2, 0.25) is 5.02 Å². The number of aryl methyl sites for hydroxylation is 1. The van der Waals surface area contributed by atoms with Gasteiger partial charge in [-0.15, -0.1) is 10.2 Å². The number of carbonyl (C=O) groups excluding carboxylic acids is 2. The van der Waals surface area contributed by atoms with E-state index in [9.17, 15) is 19.1 Å². The summed E-state index contributed by atoms with van der Waals surface area (Å²) < 4.78 is 31.5. The molecule has 1 aliphatic heterocycles. The standard InChI is InChI=1S/C30H31ClF2N8O3/c1-15-8-25(43)40(12-15)29-16(2)9-20(37-38-29)13-39-14-21(10-35-39)41(33)30(44)28-27(19(5)42)34-11-24(36-28)26-17(3)23(31)7-6-22(26)18(4)32/h6-7,9-11,14-15,18-19,42H,8,12-13H2,1-5H3/t15-,18?,19-/m0/s1. The van der Waals surface area contributed by atoms with E-state index in [1.54, 1.807) is 24.0 Å². The molecule has 1 aromatic carbocycles. The summed E-state index contributed by atoms with van der Waals surface area (Å²) in [5.74, 6) is -0.460. The molecule has 1 aliphatic rings. The van der Waals surface area contributed by atoms with Gasteiger partial charge in [0.05, 0.1) is 42.6 Å². The molecule has 11 nitrogen and oxygen atoms in total.